The molecule has 1 atom stereocenters. The van der Waals surface area contributed by atoms with Crippen LogP contribution in [0, 0.1) is 0 Å². The summed E-state index contributed by atoms with van der Waals surface area (Å²) >= 11 is 1.60. The molecular weight excluding hydrogens is 210 g/mol. The molecule has 1 rings (SSSR count). The Morgan fingerprint density at radius 3 is 2.87 bits per heavy atom. The summed E-state index contributed by atoms with van der Waals surface area (Å²) in [6.07, 6.45) is -0.329. The number of aliphatic hydroxyl groups excluding tert-OH is 1. The Balaban J connectivity index is 2.49. The summed E-state index contributed by atoms with van der Waals surface area (Å²) in [6, 6.07) is 7.82. The monoisotopic (exact) mass is 227 g/mol. The highest BCUT2D eigenvalue weighted by Gasteiger charge is 2.06. The lowest BCUT2D eigenvalue weighted by atomic mass is 10.3. The first-order valence-corrected chi connectivity index (χ1v) is 5.85. The molecule has 0 saturated heterocycles. The van der Waals surface area contributed by atoms with Gasteiger partial charge < -0.3 is 15.2 Å². The van der Waals surface area contributed by atoms with Crippen LogP contribution in [0.1, 0.15) is 0 Å². The Kier molecular flexibility index (Phi) is 5.53. The van der Waals surface area contributed by atoms with E-state index in [1.54, 1.807) is 18.9 Å². The van der Waals surface area contributed by atoms with E-state index < -0.39 is 0 Å². The topological polar surface area (TPSA) is 41.5 Å². The number of aliphatic hydroxyl groups is 1. The number of rotatable bonds is 6. The van der Waals surface area contributed by atoms with E-state index in [0.717, 1.165) is 10.6 Å². The van der Waals surface area contributed by atoms with E-state index in [0.29, 0.717) is 12.3 Å². The number of hydrogen-bond acceptors (Lipinski definition) is 4. The van der Waals surface area contributed by atoms with E-state index in [2.05, 4.69) is 5.32 Å². The summed E-state index contributed by atoms with van der Waals surface area (Å²) in [7, 11) is 3.49. The lowest BCUT2D eigenvalue weighted by molar-refractivity contribution is 0.199. The highest BCUT2D eigenvalue weighted by molar-refractivity contribution is 7.99. The smallest absolute Gasteiger partial charge is 0.132 e. The van der Waals surface area contributed by atoms with E-state index >= 15 is 0 Å². The maximum absolute atomic E-state index is 9.55. The Bertz CT molecular complexity index is 294. The largest absolute Gasteiger partial charge is 0.496 e. The maximum Gasteiger partial charge on any atom is 0.132 e. The van der Waals surface area contributed by atoms with Gasteiger partial charge in [0.25, 0.3) is 0 Å². The summed E-state index contributed by atoms with van der Waals surface area (Å²) in [5.41, 5.74) is 0. The molecule has 15 heavy (non-hydrogen) atoms. The van der Waals surface area contributed by atoms with Crippen molar-refractivity contribution in [3.05, 3.63) is 24.3 Å². The van der Waals surface area contributed by atoms with E-state index in [9.17, 15) is 5.11 Å². The number of para-hydroxylation sites is 1. The van der Waals surface area contributed by atoms with Gasteiger partial charge in [-0.25, -0.2) is 0 Å². The van der Waals surface area contributed by atoms with Crippen molar-refractivity contribution >= 4 is 11.8 Å². The Morgan fingerprint density at radius 1 is 1.47 bits per heavy atom. The summed E-state index contributed by atoms with van der Waals surface area (Å²) in [4.78, 5) is 1.06. The molecule has 0 amide bonds. The molecule has 0 aliphatic heterocycles. The second-order valence-electron chi connectivity index (χ2n) is 3.17. The molecule has 1 aromatic rings. The number of ether oxygens (including phenoxy) is 1. The normalized spacial score (nSPS) is 12.5. The Morgan fingerprint density at radius 2 is 2.20 bits per heavy atom. The molecule has 1 aromatic carbocycles. The molecule has 0 spiro atoms. The Labute approximate surface area is 94.8 Å². The van der Waals surface area contributed by atoms with Gasteiger partial charge in [0.05, 0.1) is 13.2 Å². The fourth-order valence-electron chi connectivity index (χ4n) is 1.22. The van der Waals surface area contributed by atoms with Crippen LogP contribution >= 0.6 is 11.8 Å². The second kappa shape index (κ2) is 6.71. The van der Waals surface area contributed by atoms with Crippen LogP contribution in [0.25, 0.3) is 0 Å². The van der Waals surface area contributed by atoms with Gasteiger partial charge in [0.2, 0.25) is 0 Å². The van der Waals surface area contributed by atoms with Gasteiger partial charge in [-0.05, 0) is 19.2 Å². The van der Waals surface area contributed by atoms with Crippen molar-refractivity contribution in [2.24, 2.45) is 0 Å². The molecule has 0 saturated carbocycles. The van der Waals surface area contributed by atoms with Crippen LogP contribution in [0.15, 0.2) is 29.2 Å². The molecule has 84 valence electrons. The van der Waals surface area contributed by atoms with Crippen LogP contribution in [-0.2, 0) is 0 Å². The molecule has 0 aliphatic rings. The third kappa shape index (κ3) is 4.11. The summed E-state index contributed by atoms with van der Waals surface area (Å²) in [5, 5.41) is 12.5. The maximum atomic E-state index is 9.55. The van der Waals surface area contributed by atoms with E-state index in [4.69, 9.17) is 4.74 Å². The van der Waals surface area contributed by atoms with Gasteiger partial charge in [-0.15, -0.1) is 11.8 Å². The Hall–Kier alpha value is -0.710. The molecule has 1 unspecified atom stereocenters. The van der Waals surface area contributed by atoms with Crippen molar-refractivity contribution < 1.29 is 9.84 Å². The molecule has 0 aliphatic carbocycles. The average Bonchev–Trinajstić information content (AvgIpc) is 2.27. The van der Waals surface area contributed by atoms with Crippen molar-refractivity contribution in [2.45, 2.75) is 11.0 Å². The van der Waals surface area contributed by atoms with Crippen molar-refractivity contribution in [3.63, 3.8) is 0 Å². The summed E-state index contributed by atoms with van der Waals surface area (Å²) in [6.45, 7) is 0.613. The third-order valence-electron chi connectivity index (χ3n) is 1.94. The van der Waals surface area contributed by atoms with Crippen LogP contribution in [0.3, 0.4) is 0 Å². The van der Waals surface area contributed by atoms with Crippen LogP contribution in [0.2, 0.25) is 0 Å². The van der Waals surface area contributed by atoms with Crippen molar-refractivity contribution in [3.8, 4) is 5.75 Å². The van der Waals surface area contributed by atoms with Gasteiger partial charge in [-0.3, -0.25) is 0 Å². The highest BCUT2D eigenvalue weighted by atomic mass is 32.2. The number of hydrogen-bond donors (Lipinski definition) is 2. The molecular formula is C11H17NO2S. The number of methoxy groups -OCH3 is 1. The van der Waals surface area contributed by atoms with Gasteiger partial charge in [-0.1, -0.05) is 12.1 Å². The van der Waals surface area contributed by atoms with Crippen molar-refractivity contribution in [2.75, 3.05) is 26.5 Å². The van der Waals surface area contributed by atoms with Gasteiger partial charge in [0.15, 0.2) is 0 Å². The predicted octanol–water partition coefficient (Wildman–Crippen LogP) is 1.37. The third-order valence-corrected chi connectivity index (χ3v) is 3.14. The zero-order valence-electron chi connectivity index (χ0n) is 9.06. The fraction of sp³-hybridized carbons (Fsp3) is 0.455. The van der Waals surface area contributed by atoms with Crippen LogP contribution < -0.4 is 10.1 Å². The molecule has 0 aromatic heterocycles. The first kappa shape index (κ1) is 12.4. The quantitative estimate of drug-likeness (QED) is 0.720. The molecule has 0 bridgehead atoms. The first-order chi connectivity index (χ1) is 7.27. The van der Waals surface area contributed by atoms with Crippen molar-refractivity contribution in [1.82, 2.24) is 5.32 Å². The predicted molar refractivity (Wildman–Crippen MR) is 63.7 cm³/mol. The van der Waals surface area contributed by atoms with Gasteiger partial charge in [0, 0.05) is 17.2 Å². The highest BCUT2D eigenvalue weighted by Crippen LogP contribution is 2.28. The molecule has 0 heterocycles. The molecule has 0 fully saturated rings. The minimum Gasteiger partial charge on any atom is -0.496 e. The number of thioether (sulfide) groups is 1. The van der Waals surface area contributed by atoms with Crippen LogP contribution in [0.5, 0.6) is 5.75 Å². The van der Waals surface area contributed by atoms with Gasteiger partial charge in [-0.2, -0.15) is 0 Å². The SMILES string of the molecule is CNCC(O)CSc1ccccc1OC. The van der Waals surface area contributed by atoms with E-state index in [-0.39, 0.29) is 6.10 Å². The minimum atomic E-state index is -0.329. The summed E-state index contributed by atoms with van der Waals surface area (Å²) < 4.78 is 5.22. The average molecular weight is 227 g/mol. The standard InChI is InChI=1S/C11H17NO2S/c1-12-7-9(13)8-15-11-6-4-3-5-10(11)14-2/h3-6,9,12-13H,7-8H2,1-2H3. The number of nitrogens with one attached hydrogen (secondary N) is 1. The van der Waals surface area contributed by atoms with Crippen molar-refractivity contribution in [1.29, 1.82) is 0 Å². The van der Waals surface area contributed by atoms with Crippen LogP contribution in [-0.4, -0.2) is 37.7 Å². The lowest BCUT2D eigenvalue weighted by Gasteiger charge is -2.11. The molecule has 0 radical (unpaired) electrons. The van der Waals surface area contributed by atoms with Crippen LogP contribution in [0.4, 0.5) is 0 Å². The lowest BCUT2D eigenvalue weighted by Crippen LogP contribution is -2.25. The van der Waals surface area contributed by atoms with Gasteiger partial charge in [0.1, 0.15) is 5.75 Å². The molecule has 2 N–H and O–H groups in total. The first-order valence-electron chi connectivity index (χ1n) is 4.86. The summed E-state index contributed by atoms with van der Waals surface area (Å²) in [5.74, 6) is 1.53. The number of likely N-dealkylation sites (N-methyl/N-ethyl adjacent to an activating group) is 1. The molecule has 4 heteroatoms. The second-order valence-corrected chi connectivity index (χ2v) is 4.24. The zero-order chi connectivity index (χ0) is 11.1. The fourth-order valence-corrected chi connectivity index (χ4v) is 2.18. The molecule has 3 nitrogen and oxygen atoms in total. The van der Waals surface area contributed by atoms with E-state index in [1.165, 1.54) is 0 Å². The minimum absolute atomic E-state index is 0.329. The zero-order valence-corrected chi connectivity index (χ0v) is 9.88. The number of benzene rings is 1. The van der Waals surface area contributed by atoms with E-state index in [1.807, 2.05) is 31.3 Å². The van der Waals surface area contributed by atoms with Gasteiger partial charge >= 0.3 is 0 Å².